The highest BCUT2D eigenvalue weighted by molar-refractivity contribution is 5.88. The van der Waals surface area contributed by atoms with Gasteiger partial charge < -0.3 is 9.64 Å². The fourth-order valence-corrected chi connectivity index (χ4v) is 3.37. The molecule has 1 aromatic rings. The molecular weight excluding hydrogens is 322 g/mol. The first kappa shape index (κ1) is 18.5. The summed E-state index contributed by atoms with van der Waals surface area (Å²) < 4.78 is 5.98. The van der Waals surface area contributed by atoms with Crippen LogP contribution in [0.4, 0.5) is 0 Å². The summed E-state index contributed by atoms with van der Waals surface area (Å²) in [5.74, 6) is 1.05. The van der Waals surface area contributed by atoms with Crippen LogP contribution in [0.3, 0.4) is 0 Å². The van der Waals surface area contributed by atoms with Crippen LogP contribution in [0.1, 0.15) is 57.6 Å². The minimum atomic E-state index is -0.253. The predicted octanol–water partition coefficient (Wildman–Crippen LogP) is 5.23. The number of hydrogen-bond donors (Lipinski definition) is 0. The highest BCUT2D eigenvalue weighted by Gasteiger charge is 2.21. The topological polar surface area (TPSA) is 29.5 Å². The van der Waals surface area contributed by atoms with E-state index in [-0.39, 0.29) is 11.5 Å². The summed E-state index contributed by atoms with van der Waals surface area (Å²) >= 11 is 0. The molecule has 0 saturated carbocycles. The molecule has 3 heteroatoms. The summed E-state index contributed by atoms with van der Waals surface area (Å²) in [6.07, 6.45) is 14.4. The monoisotopic (exact) mass is 351 g/mol. The molecule has 138 valence electrons. The van der Waals surface area contributed by atoms with Crippen LogP contribution < -0.4 is 4.74 Å². The van der Waals surface area contributed by atoms with Crippen molar-refractivity contribution in [2.45, 2.75) is 52.1 Å². The molecule has 3 nitrogen and oxygen atoms in total. The molecule has 1 fully saturated rings. The number of nitrogens with zero attached hydrogens (tertiary/aromatic N) is 1. The number of carbonyl (C=O) groups excluding carboxylic acids is 1. The van der Waals surface area contributed by atoms with Gasteiger partial charge >= 0.3 is 0 Å². The van der Waals surface area contributed by atoms with Crippen molar-refractivity contribution in [2.24, 2.45) is 0 Å². The summed E-state index contributed by atoms with van der Waals surface area (Å²) in [5, 5.41) is 0. The zero-order valence-electron chi connectivity index (χ0n) is 16.1. The van der Waals surface area contributed by atoms with E-state index < -0.39 is 0 Å². The van der Waals surface area contributed by atoms with E-state index in [1.807, 2.05) is 17.0 Å². The number of rotatable bonds is 4. The maximum absolute atomic E-state index is 12.3. The van der Waals surface area contributed by atoms with E-state index in [0.29, 0.717) is 0 Å². The van der Waals surface area contributed by atoms with Gasteiger partial charge in [-0.2, -0.15) is 0 Å². The fourth-order valence-electron chi connectivity index (χ4n) is 3.37. The van der Waals surface area contributed by atoms with E-state index in [0.717, 1.165) is 54.8 Å². The Balaban J connectivity index is 1.73. The van der Waals surface area contributed by atoms with Crippen molar-refractivity contribution in [3.05, 3.63) is 53.1 Å². The third-order valence-electron chi connectivity index (χ3n) is 4.94. The van der Waals surface area contributed by atoms with E-state index in [4.69, 9.17) is 4.74 Å². The maximum Gasteiger partial charge on any atom is 0.246 e. The zero-order valence-corrected chi connectivity index (χ0v) is 16.1. The van der Waals surface area contributed by atoms with Gasteiger partial charge in [-0.25, -0.2) is 0 Å². The Morgan fingerprint density at radius 1 is 1.19 bits per heavy atom. The van der Waals surface area contributed by atoms with Crippen molar-refractivity contribution in [1.29, 1.82) is 0 Å². The number of likely N-dealkylation sites (tertiary alicyclic amines) is 1. The van der Waals surface area contributed by atoms with Gasteiger partial charge in [0.2, 0.25) is 5.91 Å². The van der Waals surface area contributed by atoms with Crippen LogP contribution in [0, 0.1) is 0 Å². The van der Waals surface area contributed by atoms with Crippen molar-refractivity contribution in [3.63, 3.8) is 0 Å². The lowest BCUT2D eigenvalue weighted by Gasteiger charge is -2.27. The summed E-state index contributed by atoms with van der Waals surface area (Å²) in [6, 6.07) is 6.24. The lowest BCUT2D eigenvalue weighted by atomic mass is 9.99. The van der Waals surface area contributed by atoms with E-state index in [9.17, 15) is 4.79 Å². The number of amides is 1. The molecule has 1 aromatic carbocycles. The zero-order chi connectivity index (χ0) is 18.6. The molecule has 2 aliphatic rings. The van der Waals surface area contributed by atoms with Gasteiger partial charge in [0.1, 0.15) is 11.4 Å². The predicted molar refractivity (Wildman–Crippen MR) is 108 cm³/mol. The van der Waals surface area contributed by atoms with Gasteiger partial charge in [-0.1, -0.05) is 31.2 Å². The van der Waals surface area contributed by atoms with Gasteiger partial charge in [0.15, 0.2) is 0 Å². The van der Waals surface area contributed by atoms with Crippen molar-refractivity contribution >= 4 is 18.1 Å². The van der Waals surface area contributed by atoms with E-state index in [2.05, 4.69) is 51.1 Å². The van der Waals surface area contributed by atoms with E-state index in [1.165, 1.54) is 6.42 Å². The fraction of sp³-hybridized carbons (Fsp3) is 0.435. The molecule has 2 aliphatic heterocycles. The minimum Gasteiger partial charge on any atom is -0.483 e. The van der Waals surface area contributed by atoms with Crippen molar-refractivity contribution in [3.8, 4) is 5.75 Å². The van der Waals surface area contributed by atoms with Crippen LogP contribution in [0.15, 0.2) is 42.0 Å². The van der Waals surface area contributed by atoms with Crippen LogP contribution in [0.5, 0.6) is 5.75 Å². The summed E-state index contributed by atoms with van der Waals surface area (Å²) in [5.41, 5.74) is 3.12. The Bertz CT molecular complexity index is 749. The number of fused-ring (bicyclic) bond motifs is 1. The van der Waals surface area contributed by atoms with Crippen LogP contribution >= 0.6 is 0 Å². The summed E-state index contributed by atoms with van der Waals surface area (Å²) in [7, 11) is 0. The van der Waals surface area contributed by atoms with Crippen LogP contribution in [0.2, 0.25) is 0 Å². The van der Waals surface area contributed by atoms with Gasteiger partial charge in [0, 0.05) is 24.7 Å². The highest BCUT2D eigenvalue weighted by atomic mass is 16.5. The summed E-state index contributed by atoms with van der Waals surface area (Å²) in [6.45, 7) is 8.01. The first-order valence-electron chi connectivity index (χ1n) is 9.67. The first-order valence-corrected chi connectivity index (χ1v) is 9.67. The van der Waals surface area contributed by atoms with Crippen molar-refractivity contribution in [2.75, 3.05) is 13.1 Å². The lowest BCUT2D eigenvalue weighted by Crippen LogP contribution is -2.34. The second kappa shape index (κ2) is 7.94. The van der Waals surface area contributed by atoms with Crippen molar-refractivity contribution < 1.29 is 9.53 Å². The largest absolute Gasteiger partial charge is 0.483 e. The Hall–Kier alpha value is -2.29. The number of allylic oxidation sites excluding steroid dienone is 2. The van der Waals surface area contributed by atoms with Gasteiger partial charge in [-0.3, -0.25) is 4.79 Å². The molecule has 1 saturated heterocycles. The number of carbonyl (C=O) groups is 1. The number of ether oxygens (including phenoxy) is 1. The standard InChI is InChI=1S/C23H29NO2/c1-4-18(9-11-22(25)24-14-6-5-7-15-24)16-19-8-10-21-20(17-19)12-13-23(2,3)26-21/h8-13,16-17H,4-7,14-15H2,1-3H3/b11-9+,18-16+. The number of hydrogen-bond acceptors (Lipinski definition) is 2. The third-order valence-corrected chi connectivity index (χ3v) is 4.94. The van der Waals surface area contributed by atoms with Crippen molar-refractivity contribution in [1.82, 2.24) is 4.90 Å². The third kappa shape index (κ3) is 4.66. The Labute approximate surface area is 157 Å². The van der Waals surface area contributed by atoms with Crippen LogP contribution in [-0.2, 0) is 4.79 Å². The molecule has 0 aromatic heterocycles. The average Bonchev–Trinajstić information content (AvgIpc) is 2.65. The Morgan fingerprint density at radius 2 is 1.96 bits per heavy atom. The minimum absolute atomic E-state index is 0.132. The van der Waals surface area contributed by atoms with Crippen LogP contribution in [-0.4, -0.2) is 29.5 Å². The SMILES string of the molecule is CCC(/C=C/C(=O)N1CCCCC1)=C\c1ccc2c(c1)C=CC(C)(C)O2. The average molecular weight is 351 g/mol. The second-order valence-corrected chi connectivity index (χ2v) is 7.63. The Kier molecular flexibility index (Phi) is 5.65. The molecule has 0 unspecified atom stereocenters. The molecule has 26 heavy (non-hydrogen) atoms. The molecule has 3 rings (SSSR count). The van der Waals surface area contributed by atoms with Crippen LogP contribution in [0.25, 0.3) is 12.2 Å². The quantitative estimate of drug-likeness (QED) is 0.549. The maximum atomic E-state index is 12.3. The number of piperidine rings is 1. The summed E-state index contributed by atoms with van der Waals surface area (Å²) in [4.78, 5) is 14.3. The normalized spacial score (nSPS) is 19.3. The number of benzene rings is 1. The van der Waals surface area contributed by atoms with E-state index in [1.54, 1.807) is 6.08 Å². The highest BCUT2D eigenvalue weighted by Crippen LogP contribution is 2.32. The molecule has 2 heterocycles. The first-order chi connectivity index (χ1) is 12.5. The second-order valence-electron chi connectivity index (χ2n) is 7.63. The molecule has 0 bridgehead atoms. The Morgan fingerprint density at radius 3 is 2.69 bits per heavy atom. The molecule has 0 atom stereocenters. The van der Waals surface area contributed by atoms with Gasteiger partial charge in [0.05, 0.1) is 0 Å². The molecule has 0 aliphatic carbocycles. The molecule has 0 spiro atoms. The van der Waals surface area contributed by atoms with Gasteiger partial charge in [0.25, 0.3) is 0 Å². The van der Waals surface area contributed by atoms with Gasteiger partial charge in [-0.15, -0.1) is 0 Å². The molecule has 0 radical (unpaired) electrons. The molecule has 0 N–H and O–H groups in total. The smallest absolute Gasteiger partial charge is 0.246 e. The molecule has 1 amide bonds. The lowest BCUT2D eigenvalue weighted by molar-refractivity contribution is -0.126. The van der Waals surface area contributed by atoms with Gasteiger partial charge in [-0.05, 0) is 68.9 Å². The van der Waals surface area contributed by atoms with E-state index >= 15 is 0 Å². The molecular formula is C23H29NO2.